The van der Waals surface area contributed by atoms with Crippen LogP contribution in [0.4, 0.5) is 4.39 Å². The Kier molecular flexibility index (Phi) is 9.30. The maximum Gasteiger partial charge on any atom is 0.260 e. The fourth-order valence-corrected chi connectivity index (χ4v) is 4.57. The van der Waals surface area contributed by atoms with Crippen LogP contribution < -0.4 is 4.74 Å². The maximum atomic E-state index is 13.4. The first-order valence-corrected chi connectivity index (χ1v) is 11.9. The molecule has 6 nitrogen and oxygen atoms in total. The fraction of sp³-hybridized carbons (Fsp3) is 0.462. The Morgan fingerprint density at radius 1 is 1.09 bits per heavy atom. The van der Waals surface area contributed by atoms with Gasteiger partial charge in [0.1, 0.15) is 11.6 Å². The van der Waals surface area contributed by atoms with Gasteiger partial charge in [-0.2, -0.15) is 0 Å². The van der Waals surface area contributed by atoms with Crippen LogP contribution in [-0.4, -0.2) is 79.9 Å². The molecular formula is C26H33ClFN3O3. The van der Waals surface area contributed by atoms with Crippen LogP contribution in [0.3, 0.4) is 0 Å². The minimum Gasteiger partial charge on any atom is -0.482 e. The van der Waals surface area contributed by atoms with Crippen molar-refractivity contribution in [3.63, 3.8) is 0 Å². The summed E-state index contributed by atoms with van der Waals surface area (Å²) >= 11 is 6.10. The van der Waals surface area contributed by atoms with E-state index < -0.39 is 0 Å². The predicted molar refractivity (Wildman–Crippen MR) is 131 cm³/mol. The summed E-state index contributed by atoms with van der Waals surface area (Å²) in [6.07, 6.45) is 2.21. The number of piperidine rings is 1. The van der Waals surface area contributed by atoms with E-state index in [0.29, 0.717) is 36.8 Å². The van der Waals surface area contributed by atoms with Crippen molar-refractivity contribution >= 4 is 23.4 Å². The lowest BCUT2D eigenvalue weighted by Crippen LogP contribution is -2.50. The summed E-state index contributed by atoms with van der Waals surface area (Å²) in [7, 11) is 5.58. The third-order valence-corrected chi connectivity index (χ3v) is 6.64. The zero-order chi connectivity index (χ0) is 24.7. The van der Waals surface area contributed by atoms with Gasteiger partial charge in [0.05, 0.1) is 11.6 Å². The Morgan fingerprint density at radius 3 is 2.35 bits per heavy atom. The van der Waals surface area contributed by atoms with E-state index in [4.69, 9.17) is 16.3 Å². The lowest BCUT2D eigenvalue weighted by molar-refractivity contribution is -0.137. The molecule has 1 saturated heterocycles. The molecular weight excluding hydrogens is 457 g/mol. The van der Waals surface area contributed by atoms with Crippen LogP contribution in [-0.2, 0) is 16.0 Å². The molecule has 2 aromatic carbocycles. The molecule has 1 fully saturated rings. The van der Waals surface area contributed by atoms with Gasteiger partial charge in [-0.15, -0.1) is 0 Å². The molecule has 0 N–H and O–H groups in total. The molecule has 1 aliphatic heterocycles. The van der Waals surface area contributed by atoms with Crippen LogP contribution >= 0.6 is 11.6 Å². The van der Waals surface area contributed by atoms with E-state index in [0.717, 1.165) is 18.4 Å². The summed E-state index contributed by atoms with van der Waals surface area (Å²) in [5.41, 5.74) is 0.988. The largest absolute Gasteiger partial charge is 0.482 e. The van der Waals surface area contributed by atoms with Crippen LogP contribution in [0.15, 0.2) is 48.5 Å². The van der Waals surface area contributed by atoms with Crippen molar-refractivity contribution in [1.82, 2.24) is 14.7 Å². The summed E-state index contributed by atoms with van der Waals surface area (Å²) in [6, 6.07) is 13.5. The summed E-state index contributed by atoms with van der Waals surface area (Å²) < 4.78 is 19.0. The number of para-hydroxylation sites is 1. The third kappa shape index (κ3) is 7.18. The summed E-state index contributed by atoms with van der Waals surface area (Å²) in [5, 5.41) is 0.475. The van der Waals surface area contributed by atoms with Gasteiger partial charge in [0.15, 0.2) is 6.61 Å². The number of carbonyl (C=O) groups is 2. The van der Waals surface area contributed by atoms with Gasteiger partial charge in [0.2, 0.25) is 5.91 Å². The summed E-state index contributed by atoms with van der Waals surface area (Å²) in [6.45, 7) is 1.47. The van der Waals surface area contributed by atoms with Crippen LogP contribution in [0.5, 0.6) is 5.75 Å². The highest BCUT2D eigenvalue weighted by Crippen LogP contribution is 2.27. The van der Waals surface area contributed by atoms with Gasteiger partial charge in [-0.05, 0) is 69.1 Å². The molecule has 0 unspecified atom stereocenters. The first-order valence-electron chi connectivity index (χ1n) is 11.5. The molecule has 0 radical (unpaired) electrons. The molecule has 0 saturated carbocycles. The molecule has 1 atom stereocenters. The van der Waals surface area contributed by atoms with Crippen LogP contribution in [0.2, 0.25) is 5.02 Å². The van der Waals surface area contributed by atoms with Crippen LogP contribution in [0, 0.1) is 11.7 Å². The Hall–Kier alpha value is -2.64. The highest BCUT2D eigenvalue weighted by Gasteiger charge is 2.33. The van der Waals surface area contributed by atoms with Gasteiger partial charge in [0.25, 0.3) is 5.91 Å². The van der Waals surface area contributed by atoms with Crippen molar-refractivity contribution in [2.45, 2.75) is 25.3 Å². The number of rotatable bonds is 9. The molecule has 8 heteroatoms. The molecule has 184 valence electrons. The standard InChI is InChI=1S/C26H33ClFN3O3/c1-29(2)17-25(32)30(3)23(16-19-8-10-21(28)11-9-19)20-12-14-31(15-13-20)26(33)18-34-24-7-5-4-6-22(24)27/h4-11,20,23H,12-18H2,1-3H3/t23-/m0/s1. The minimum absolute atomic E-state index is 0.0328. The topological polar surface area (TPSA) is 53.1 Å². The van der Waals surface area contributed by atoms with Crippen molar-refractivity contribution in [3.8, 4) is 5.75 Å². The Bertz CT molecular complexity index is 962. The van der Waals surface area contributed by atoms with E-state index in [9.17, 15) is 14.0 Å². The van der Waals surface area contributed by atoms with Crippen molar-refractivity contribution in [2.24, 2.45) is 5.92 Å². The molecule has 1 heterocycles. The van der Waals surface area contributed by atoms with Crippen molar-refractivity contribution in [2.75, 3.05) is 47.4 Å². The second kappa shape index (κ2) is 12.2. The predicted octanol–water partition coefficient (Wildman–Crippen LogP) is 3.73. The number of ether oxygens (including phenoxy) is 1. The number of hydrogen-bond acceptors (Lipinski definition) is 4. The quantitative estimate of drug-likeness (QED) is 0.538. The Morgan fingerprint density at radius 2 is 1.74 bits per heavy atom. The average molecular weight is 490 g/mol. The smallest absolute Gasteiger partial charge is 0.260 e. The number of carbonyl (C=O) groups excluding carboxylic acids is 2. The van der Waals surface area contributed by atoms with Gasteiger partial charge >= 0.3 is 0 Å². The fourth-order valence-electron chi connectivity index (χ4n) is 4.38. The molecule has 3 rings (SSSR count). The number of amides is 2. The van der Waals surface area contributed by atoms with E-state index in [1.165, 1.54) is 12.1 Å². The molecule has 34 heavy (non-hydrogen) atoms. The first kappa shape index (κ1) is 26.0. The number of likely N-dealkylation sites (N-methyl/N-ethyl adjacent to an activating group) is 2. The summed E-state index contributed by atoms with van der Waals surface area (Å²) in [4.78, 5) is 31.0. The van der Waals surface area contributed by atoms with E-state index >= 15 is 0 Å². The number of nitrogens with zero attached hydrogens (tertiary/aromatic N) is 3. The monoisotopic (exact) mass is 489 g/mol. The van der Waals surface area contributed by atoms with Gasteiger partial charge in [-0.25, -0.2) is 4.39 Å². The molecule has 0 bridgehead atoms. The van der Waals surface area contributed by atoms with E-state index in [1.807, 2.05) is 48.0 Å². The third-order valence-electron chi connectivity index (χ3n) is 6.32. The normalized spacial score (nSPS) is 15.3. The highest BCUT2D eigenvalue weighted by molar-refractivity contribution is 6.32. The Balaban J connectivity index is 1.62. The SMILES string of the molecule is CN(C)CC(=O)N(C)[C@@H](Cc1ccc(F)cc1)C1CCN(C(=O)COc2ccccc2Cl)CC1. The number of halogens is 2. The summed E-state index contributed by atoms with van der Waals surface area (Å²) in [5.74, 6) is 0.417. The zero-order valence-corrected chi connectivity index (χ0v) is 20.8. The first-order chi connectivity index (χ1) is 16.2. The number of likely N-dealkylation sites (tertiary alicyclic amines) is 1. The molecule has 2 amide bonds. The maximum absolute atomic E-state index is 13.4. The molecule has 1 aliphatic rings. The zero-order valence-electron chi connectivity index (χ0n) is 20.0. The van der Waals surface area contributed by atoms with Crippen molar-refractivity contribution in [1.29, 1.82) is 0 Å². The van der Waals surface area contributed by atoms with Crippen LogP contribution in [0.25, 0.3) is 0 Å². The van der Waals surface area contributed by atoms with Gasteiger partial charge in [-0.3, -0.25) is 9.59 Å². The second-order valence-electron chi connectivity index (χ2n) is 9.08. The van der Waals surface area contributed by atoms with Crippen LogP contribution in [0.1, 0.15) is 18.4 Å². The second-order valence-corrected chi connectivity index (χ2v) is 9.48. The van der Waals surface area contributed by atoms with E-state index in [-0.39, 0.29) is 36.2 Å². The number of hydrogen-bond donors (Lipinski definition) is 0. The number of benzene rings is 2. The molecule has 0 spiro atoms. The van der Waals surface area contributed by atoms with E-state index in [2.05, 4.69) is 0 Å². The van der Waals surface area contributed by atoms with Gasteiger partial charge in [-0.1, -0.05) is 35.9 Å². The lowest BCUT2D eigenvalue weighted by Gasteiger charge is -2.40. The molecule has 2 aromatic rings. The van der Waals surface area contributed by atoms with Crippen molar-refractivity contribution in [3.05, 3.63) is 64.9 Å². The average Bonchev–Trinajstić information content (AvgIpc) is 2.82. The molecule has 0 aliphatic carbocycles. The van der Waals surface area contributed by atoms with Crippen molar-refractivity contribution < 1.29 is 18.7 Å². The Labute approximate surface area is 206 Å². The minimum atomic E-state index is -0.275. The highest BCUT2D eigenvalue weighted by atomic mass is 35.5. The van der Waals surface area contributed by atoms with E-state index in [1.54, 1.807) is 24.3 Å². The molecule has 0 aromatic heterocycles. The van der Waals surface area contributed by atoms with Gasteiger partial charge < -0.3 is 19.4 Å². The van der Waals surface area contributed by atoms with Gasteiger partial charge in [0, 0.05) is 26.2 Å². The lowest BCUT2D eigenvalue weighted by atomic mass is 9.85.